The molecule has 0 aliphatic rings. The lowest BCUT2D eigenvalue weighted by Gasteiger charge is -2.08. The average molecular weight is 187 g/mol. The van der Waals surface area contributed by atoms with E-state index >= 15 is 0 Å². The maximum Gasteiger partial charge on any atom is 0.0768 e. The highest BCUT2D eigenvalue weighted by atomic mass is 16.3. The van der Waals surface area contributed by atoms with Crippen molar-refractivity contribution in [1.29, 1.82) is 0 Å². The molecule has 14 heavy (non-hydrogen) atoms. The third-order valence-electron chi connectivity index (χ3n) is 2.35. The molecule has 0 saturated carbocycles. The number of hydrogen-bond donors (Lipinski definition) is 1. The number of aryl methyl sites for hydroxylation is 1. The smallest absolute Gasteiger partial charge is 0.0768 e. The maximum atomic E-state index is 9.56. The summed E-state index contributed by atoms with van der Waals surface area (Å²) in [6, 6.07) is 9.81. The zero-order valence-electron chi connectivity index (χ0n) is 8.36. The Labute approximate surface area is 83.2 Å². The molecule has 2 aromatic rings. The number of hydrogen-bond acceptors (Lipinski definition) is 2. The van der Waals surface area contributed by atoms with Gasteiger partial charge in [-0.25, -0.2) is 0 Å². The van der Waals surface area contributed by atoms with Crippen LogP contribution >= 0.6 is 0 Å². The van der Waals surface area contributed by atoms with Gasteiger partial charge in [-0.1, -0.05) is 18.2 Å². The maximum absolute atomic E-state index is 9.56. The summed E-state index contributed by atoms with van der Waals surface area (Å²) in [4.78, 5) is 4.41. The average Bonchev–Trinajstić information content (AvgIpc) is 2.16. The van der Waals surface area contributed by atoms with E-state index in [-0.39, 0.29) is 0 Å². The van der Waals surface area contributed by atoms with Crippen molar-refractivity contribution in [3.05, 3.63) is 41.6 Å². The van der Waals surface area contributed by atoms with E-state index in [9.17, 15) is 5.11 Å². The van der Waals surface area contributed by atoms with Crippen molar-refractivity contribution >= 4 is 10.9 Å². The van der Waals surface area contributed by atoms with E-state index in [0.29, 0.717) is 0 Å². The van der Waals surface area contributed by atoms with Gasteiger partial charge in [-0.05, 0) is 31.5 Å². The molecule has 1 atom stereocenters. The summed E-state index contributed by atoms with van der Waals surface area (Å²) in [5.74, 6) is 0. The van der Waals surface area contributed by atoms with Crippen molar-refractivity contribution in [2.75, 3.05) is 0 Å². The Morgan fingerprint density at radius 3 is 2.71 bits per heavy atom. The number of nitrogens with zero attached hydrogens (tertiary/aromatic N) is 1. The fourth-order valence-corrected chi connectivity index (χ4v) is 1.64. The van der Waals surface area contributed by atoms with Gasteiger partial charge in [-0.2, -0.15) is 0 Å². The number of rotatable bonds is 1. The van der Waals surface area contributed by atoms with Crippen LogP contribution in [0, 0.1) is 6.92 Å². The number of fused-ring (bicyclic) bond motifs is 1. The van der Waals surface area contributed by atoms with Gasteiger partial charge in [0.05, 0.1) is 11.6 Å². The summed E-state index contributed by atoms with van der Waals surface area (Å²) in [5.41, 5.74) is 2.89. The number of aliphatic hydroxyl groups is 1. The van der Waals surface area contributed by atoms with Gasteiger partial charge in [-0.3, -0.25) is 4.98 Å². The first-order valence-corrected chi connectivity index (χ1v) is 4.73. The van der Waals surface area contributed by atoms with E-state index in [1.807, 2.05) is 37.3 Å². The van der Waals surface area contributed by atoms with Crippen molar-refractivity contribution in [2.45, 2.75) is 20.0 Å². The van der Waals surface area contributed by atoms with Crippen LogP contribution in [0.3, 0.4) is 0 Å². The topological polar surface area (TPSA) is 33.1 Å². The van der Waals surface area contributed by atoms with Crippen LogP contribution in [0.25, 0.3) is 10.9 Å². The molecule has 0 aliphatic carbocycles. The van der Waals surface area contributed by atoms with E-state index < -0.39 is 6.10 Å². The minimum Gasteiger partial charge on any atom is -0.389 e. The zero-order valence-corrected chi connectivity index (χ0v) is 8.36. The second-order valence-corrected chi connectivity index (χ2v) is 3.54. The molecule has 1 N–H and O–H groups in total. The lowest BCUT2D eigenvalue weighted by molar-refractivity contribution is 0.201. The van der Waals surface area contributed by atoms with E-state index in [2.05, 4.69) is 4.98 Å². The molecule has 72 valence electrons. The minimum atomic E-state index is -0.441. The van der Waals surface area contributed by atoms with Crippen molar-refractivity contribution in [3.63, 3.8) is 0 Å². The van der Waals surface area contributed by atoms with Gasteiger partial charge < -0.3 is 5.11 Å². The van der Waals surface area contributed by atoms with Gasteiger partial charge in [0.1, 0.15) is 0 Å². The van der Waals surface area contributed by atoms with Gasteiger partial charge in [0.15, 0.2) is 0 Å². The zero-order chi connectivity index (χ0) is 10.1. The molecule has 0 fully saturated rings. The van der Waals surface area contributed by atoms with Gasteiger partial charge in [0.25, 0.3) is 0 Å². The Morgan fingerprint density at radius 2 is 2.00 bits per heavy atom. The van der Waals surface area contributed by atoms with Crippen molar-refractivity contribution in [1.82, 2.24) is 4.98 Å². The molecule has 0 aliphatic heterocycles. The predicted octanol–water partition coefficient (Wildman–Crippen LogP) is 2.60. The van der Waals surface area contributed by atoms with Crippen LogP contribution in [0.1, 0.15) is 24.3 Å². The van der Waals surface area contributed by atoms with Gasteiger partial charge in [0.2, 0.25) is 0 Å². The number of pyridine rings is 1. The van der Waals surface area contributed by atoms with Crippen LogP contribution in [0.2, 0.25) is 0 Å². The van der Waals surface area contributed by atoms with Crippen molar-refractivity contribution in [2.24, 2.45) is 0 Å². The molecule has 1 aromatic heterocycles. The standard InChI is InChI=1S/C12H13NO/c1-8-6-7-11-10(9(2)14)4-3-5-12(11)13-8/h3-7,9,14H,1-2H3/t9-/m1/s1. The summed E-state index contributed by atoms with van der Waals surface area (Å²) in [6.45, 7) is 3.74. The molecular weight excluding hydrogens is 174 g/mol. The molecule has 2 nitrogen and oxygen atoms in total. The molecule has 1 heterocycles. The molecule has 0 radical (unpaired) electrons. The van der Waals surface area contributed by atoms with Crippen LogP contribution < -0.4 is 0 Å². The molecule has 0 bridgehead atoms. The summed E-state index contributed by atoms with van der Waals surface area (Å²) in [6.07, 6.45) is -0.441. The Bertz CT molecular complexity index is 463. The normalized spacial score (nSPS) is 13.1. The van der Waals surface area contributed by atoms with E-state index in [1.54, 1.807) is 6.92 Å². The van der Waals surface area contributed by atoms with Crippen LogP contribution in [0.4, 0.5) is 0 Å². The van der Waals surface area contributed by atoms with Crippen molar-refractivity contribution in [3.8, 4) is 0 Å². The van der Waals surface area contributed by atoms with Gasteiger partial charge >= 0.3 is 0 Å². The van der Waals surface area contributed by atoms with Crippen LogP contribution in [0.5, 0.6) is 0 Å². The van der Waals surface area contributed by atoms with Gasteiger partial charge in [0, 0.05) is 11.1 Å². The summed E-state index contributed by atoms with van der Waals surface area (Å²) in [7, 11) is 0. The first-order valence-electron chi connectivity index (χ1n) is 4.73. The largest absolute Gasteiger partial charge is 0.389 e. The third-order valence-corrected chi connectivity index (χ3v) is 2.35. The van der Waals surface area contributed by atoms with Crippen LogP contribution in [-0.2, 0) is 0 Å². The Balaban J connectivity index is 2.75. The highest BCUT2D eigenvalue weighted by Gasteiger charge is 2.05. The number of benzene rings is 1. The third kappa shape index (κ3) is 1.49. The highest BCUT2D eigenvalue weighted by Crippen LogP contribution is 2.22. The molecule has 1 aromatic carbocycles. The molecule has 0 spiro atoms. The van der Waals surface area contributed by atoms with Crippen LogP contribution in [-0.4, -0.2) is 10.1 Å². The summed E-state index contributed by atoms with van der Waals surface area (Å²) >= 11 is 0. The molecular formula is C12H13NO. The minimum absolute atomic E-state index is 0.441. The lowest BCUT2D eigenvalue weighted by Crippen LogP contribution is -1.93. The molecule has 2 rings (SSSR count). The van der Waals surface area contributed by atoms with E-state index in [1.165, 1.54) is 0 Å². The molecule has 2 heteroatoms. The molecule has 0 unspecified atom stereocenters. The van der Waals surface area contributed by atoms with Crippen molar-refractivity contribution < 1.29 is 5.11 Å². The fraction of sp³-hybridized carbons (Fsp3) is 0.250. The SMILES string of the molecule is Cc1ccc2c([C@@H](C)O)cccc2n1. The van der Waals surface area contributed by atoms with Crippen LogP contribution in [0.15, 0.2) is 30.3 Å². The first kappa shape index (κ1) is 9.16. The second-order valence-electron chi connectivity index (χ2n) is 3.54. The fourth-order valence-electron chi connectivity index (χ4n) is 1.64. The lowest BCUT2D eigenvalue weighted by atomic mass is 10.0. The number of aliphatic hydroxyl groups excluding tert-OH is 1. The molecule has 0 amide bonds. The predicted molar refractivity (Wildman–Crippen MR) is 57.1 cm³/mol. The quantitative estimate of drug-likeness (QED) is 0.744. The first-order chi connectivity index (χ1) is 6.68. The summed E-state index contributed by atoms with van der Waals surface area (Å²) < 4.78 is 0. The Kier molecular flexibility index (Phi) is 2.22. The Hall–Kier alpha value is -1.41. The van der Waals surface area contributed by atoms with Gasteiger partial charge in [-0.15, -0.1) is 0 Å². The molecule has 0 saturated heterocycles. The summed E-state index contributed by atoms with van der Waals surface area (Å²) in [5, 5.41) is 10.6. The van der Waals surface area contributed by atoms with E-state index in [0.717, 1.165) is 22.2 Å². The second kappa shape index (κ2) is 3.39. The monoisotopic (exact) mass is 187 g/mol. The van der Waals surface area contributed by atoms with E-state index in [4.69, 9.17) is 0 Å². The highest BCUT2D eigenvalue weighted by molar-refractivity contribution is 5.82. The Morgan fingerprint density at radius 1 is 1.21 bits per heavy atom. The number of aromatic nitrogens is 1.